The van der Waals surface area contributed by atoms with Gasteiger partial charge in [-0.25, -0.2) is 0 Å². The van der Waals surface area contributed by atoms with Crippen LogP contribution in [0.2, 0.25) is 5.02 Å². The van der Waals surface area contributed by atoms with Crippen LogP contribution in [0.15, 0.2) is 5.38 Å². The van der Waals surface area contributed by atoms with Gasteiger partial charge in [-0.3, -0.25) is 0 Å². The summed E-state index contributed by atoms with van der Waals surface area (Å²) in [5, 5.41) is 2.58. The van der Waals surface area contributed by atoms with Crippen molar-refractivity contribution in [1.82, 2.24) is 0 Å². The molecule has 1 heterocycles. The van der Waals surface area contributed by atoms with Gasteiger partial charge in [0.2, 0.25) is 0 Å². The Morgan fingerprint density at radius 3 is 2.56 bits per heavy atom. The van der Waals surface area contributed by atoms with Crippen LogP contribution in [0.1, 0.15) is 4.88 Å². The lowest BCUT2D eigenvalue weighted by atomic mass is 10.5. The Hall–Kier alpha value is -0.210. The third-order valence-electron chi connectivity index (χ3n) is 1.08. The standard InChI is InChI=1S/C6H7ClOS/c1-4-6(8-2)5(7)3-9-4/h3H,1-2H3. The van der Waals surface area contributed by atoms with Gasteiger partial charge in [-0.15, -0.1) is 11.3 Å². The predicted octanol–water partition coefficient (Wildman–Crippen LogP) is 2.72. The van der Waals surface area contributed by atoms with Crippen molar-refractivity contribution in [2.45, 2.75) is 6.92 Å². The second-order valence-electron chi connectivity index (χ2n) is 1.67. The molecule has 1 aromatic heterocycles. The fraction of sp³-hybridized carbons (Fsp3) is 0.333. The molecule has 1 aromatic rings. The van der Waals surface area contributed by atoms with Gasteiger partial charge in [0.25, 0.3) is 0 Å². The van der Waals surface area contributed by atoms with Crippen LogP contribution < -0.4 is 4.74 Å². The SMILES string of the molecule is COc1c(Cl)csc1C. The summed E-state index contributed by atoms with van der Waals surface area (Å²) >= 11 is 7.33. The fourth-order valence-electron chi connectivity index (χ4n) is 0.657. The third-order valence-corrected chi connectivity index (χ3v) is 2.38. The summed E-state index contributed by atoms with van der Waals surface area (Å²) < 4.78 is 4.99. The van der Waals surface area contributed by atoms with Crippen LogP contribution in [-0.4, -0.2) is 7.11 Å². The fourth-order valence-corrected chi connectivity index (χ4v) is 1.75. The monoisotopic (exact) mass is 162 g/mol. The van der Waals surface area contributed by atoms with E-state index < -0.39 is 0 Å². The van der Waals surface area contributed by atoms with E-state index in [2.05, 4.69) is 0 Å². The molecule has 0 amide bonds. The molecule has 0 aliphatic rings. The van der Waals surface area contributed by atoms with Crippen molar-refractivity contribution in [3.05, 3.63) is 15.3 Å². The Kier molecular flexibility index (Phi) is 1.98. The summed E-state index contributed by atoms with van der Waals surface area (Å²) in [6.45, 7) is 1.98. The van der Waals surface area contributed by atoms with Gasteiger partial charge in [0, 0.05) is 10.3 Å². The van der Waals surface area contributed by atoms with Crippen LogP contribution in [0.4, 0.5) is 0 Å². The number of hydrogen-bond acceptors (Lipinski definition) is 2. The van der Waals surface area contributed by atoms with Gasteiger partial charge >= 0.3 is 0 Å². The van der Waals surface area contributed by atoms with Gasteiger partial charge < -0.3 is 4.74 Å². The van der Waals surface area contributed by atoms with Crippen molar-refractivity contribution in [3.63, 3.8) is 0 Å². The molecule has 0 fully saturated rings. The molecular weight excluding hydrogens is 156 g/mol. The summed E-state index contributed by atoms with van der Waals surface area (Å²) in [4.78, 5) is 1.13. The lowest BCUT2D eigenvalue weighted by Crippen LogP contribution is -1.80. The molecule has 0 atom stereocenters. The molecule has 0 aliphatic heterocycles. The Labute approximate surface area is 63.2 Å². The van der Waals surface area contributed by atoms with E-state index in [0.717, 1.165) is 10.6 Å². The number of ether oxygens (including phenoxy) is 1. The van der Waals surface area contributed by atoms with Gasteiger partial charge in [-0.2, -0.15) is 0 Å². The maximum atomic E-state index is 5.73. The van der Waals surface area contributed by atoms with E-state index in [4.69, 9.17) is 16.3 Å². The molecule has 3 heteroatoms. The van der Waals surface area contributed by atoms with Crippen LogP contribution in [0.25, 0.3) is 0 Å². The summed E-state index contributed by atoms with van der Waals surface area (Å²) in [6, 6.07) is 0. The van der Waals surface area contributed by atoms with E-state index in [0.29, 0.717) is 5.02 Å². The van der Waals surface area contributed by atoms with E-state index in [-0.39, 0.29) is 0 Å². The highest BCUT2D eigenvalue weighted by molar-refractivity contribution is 7.10. The van der Waals surface area contributed by atoms with Crippen LogP contribution >= 0.6 is 22.9 Å². The largest absolute Gasteiger partial charge is 0.494 e. The minimum Gasteiger partial charge on any atom is -0.494 e. The number of thiophene rings is 1. The number of halogens is 1. The highest BCUT2D eigenvalue weighted by Crippen LogP contribution is 2.33. The van der Waals surface area contributed by atoms with E-state index in [1.54, 1.807) is 18.4 Å². The van der Waals surface area contributed by atoms with Crippen LogP contribution in [-0.2, 0) is 0 Å². The molecule has 0 bridgehead atoms. The maximum absolute atomic E-state index is 5.73. The highest BCUT2D eigenvalue weighted by atomic mass is 35.5. The van der Waals surface area contributed by atoms with Gasteiger partial charge in [-0.05, 0) is 6.92 Å². The summed E-state index contributed by atoms with van der Waals surface area (Å²) in [6.07, 6.45) is 0. The second kappa shape index (κ2) is 2.58. The maximum Gasteiger partial charge on any atom is 0.151 e. The lowest BCUT2D eigenvalue weighted by molar-refractivity contribution is 0.414. The molecule has 0 saturated carbocycles. The smallest absolute Gasteiger partial charge is 0.151 e. The highest BCUT2D eigenvalue weighted by Gasteiger charge is 2.04. The van der Waals surface area contributed by atoms with Crippen molar-refractivity contribution in [1.29, 1.82) is 0 Å². The van der Waals surface area contributed by atoms with Gasteiger partial charge in [0.05, 0.1) is 12.1 Å². The molecule has 50 valence electrons. The van der Waals surface area contributed by atoms with Gasteiger partial charge in [0.1, 0.15) is 0 Å². The molecular formula is C6H7ClOS. The first kappa shape index (κ1) is 6.90. The molecule has 0 N–H and O–H groups in total. The topological polar surface area (TPSA) is 9.23 Å². The zero-order valence-corrected chi connectivity index (χ0v) is 6.84. The molecule has 0 unspecified atom stereocenters. The number of hydrogen-bond donors (Lipinski definition) is 0. The Balaban J connectivity index is 3.07. The van der Waals surface area contributed by atoms with Crippen LogP contribution in [0.3, 0.4) is 0 Å². The Morgan fingerprint density at radius 2 is 2.33 bits per heavy atom. The minimum atomic E-state index is 0.708. The van der Waals surface area contributed by atoms with Gasteiger partial charge in [0.15, 0.2) is 5.75 Å². The first-order valence-electron chi connectivity index (χ1n) is 2.53. The molecule has 1 nitrogen and oxygen atoms in total. The predicted molar refractivity (Wildman–Crippen MR) is 40.6 cm³/mol. The van der Waals surface area contributed by atoms with E-state index in [9.17, 15) is 0 Å². The molecule has 0 aliphatic carbocycles. The molecule has 0 saturated heterocycles. The molecule has 0 radical (unpaired) electrons. The first-order chi connectivity index (χ1) is 4.25. The van der Waals surface area contributed by atoms with Crippen molar-refractivity contribution < 1.29 is 4.74 Å². The Bertz CT molecular complexity index is 187. The number of methoxy groups -OCH3 is 1. The van der Waals surface area contributed by atoms with Gasteiger partial charge in [-0.1, -0.05) is 11.6 Å². The van der Waals surface area contributed by atoms with E-state index in [1.165, 1.54) is 0 Å². The first-order valence-corrected chi connectivity index (χ1v) is 3.79. The molecule has 9 heavy (non-hydrogen) atoms. The number of rotatable bonds is 1. The average molecular weight is 163 g/mol. The van der Waals surface area contributed by atoms with Crippen molar-refractivity contribution in [2.75, 3.05) is 7.11 Å². The number of aryl methyl sites for hydroxylation is 1. The lowest BCUT2D eigenvalue weighted by Gasteiger charge is -1.95. The molecule has 0 aromatic carbocycles. The molecule has 0 spiro atoms. The van der Waals surface area contributed by atoms with Crippen molar-refractivity contribution >= 4 is 22.9 Å². The third kappa shape index (κ3) is 1.19. The summed E-state index contributed by atoms with van der Waals surface area (Å²) in [5.41, 5.74) is 0. The average Bonchev–Trinajstić information content (AvgIpc) is 2.12. The summed E-state index contributed by atoms with van der Waals surface area (Å²) in [7, 11) is 1.63. The van der Waals surface area contributed by atoms with Crippen LogP contribution in [0.5, 0.6) is 5.75 Å². The second-order valence-corrected chi connectivity index (χ2v) is 3.16. The Morgan fingerprint density at radius 1 is 1.67 bits per heavy atom. The van der Waals surface area contributed by atoms with Crippen molar-refractivity contribution in [2.24, 2.45) is 0 Å². The van der Waals surface area contributed by atoms with Crippen molar-refractivity contribution in [3.8, 4) is 5.75 Å². The summed E-state index contributed by atoms with van der Waals surface area (Å²) in [5.74, 6) is 0.807. The quantitative estimate of drug-likeness (QED) is 0.617. The minimum absolute atomic E-state index is 0.708. The van der Waals surface area contributed by atoms with E-state index >= 15 is 0 Å². The zero-order valence-electron chi connectivity index (χ0n) is 5.27. The zero-order chi connectivity index (χ0) is 6.85. The van der Waals surface area contributed by atoms with Crippen LogP contribution in [0, 0.1) is 6.92 Å². The van der Waals surface area contributed by atoms with E-state index in [1.807, 2.05) is 12.3 Å². The normalized spacial score (nSPS) is 9.67. The molecule has 1 rings (SSSR count).